The number of halogens is 1. The highest BCUT2D eigenvalue weighted by atomic mass is 35.5. The van der Waals surface area contributed by atoms with E-state index in [-0.39, 0.29) is 6.03 Å². The van der Waals surface area contributed by atoms with E-state index in [1.807, 2.05) is 42.2 Å². The summed E-state index contributed by atoms with van der Waals surface area (Å²) >= 11 is 6.11. The molecule has 0 aliphatic carbocycles. The van der Waals surface area contributed by atoms with Gasteiger partial charge in [0.25, 0.3) is 0 Å². The van der Waals surface area contributed by atoms with Crippen LogP contribution in [0.1, 0.15) is 11.4 Å². The highest BCUT2D eigenvalue weighted by Crippen LogP contribution is 2.15. The topological polar surface area (TPSA) is 61.4 Å². The summed E-state index contributed by atoms with van der Waals surface area (Å²) in [5.74, 6) is 1.67. The van der Waals surface area contributed by atoms with Crippen LogP contribution in [0.15, 0.2) is 36.5 Å². The maximum absolute atomic E-state index is 12.3. The summed E-state index contributed by atoms with van der Waals surface area (Å²) in [6, 6.07) is 9.37. The minimum atomic E-state index is -0.0616. The fourth-order valence-corrected chi connectivity index (χ4v) is 2.89. The molecule has 1 N–H and O–H groups in total. The van der Waals surface area contributed by atoms with E-state index in [1.165, 1.54) is 0 Å². The van der Waals surface area contributed by atoms with Gasteiger partial charge in [0.2, 0.25) is 0 Å². The molecule has 2 heterocycles. The smallest absolute Gasteiger partial charge is 0.317 e. The molecule has 2 aromatic rings. The molecule has 0 saturated carbocycles. The number of benzene rings is 1. The van der Waals surface area contributed by atoms with Crippen molar-refractivity contribution >= 4 is 23.4 Å². The van der Waals surface area contributed by atoms with Crippen molar-refractivity contribution in [1.82, 2.24) is 20.2 Å². The van der Waals surface area contributed by atoms with E-state index in [1.54, 1.807) is 6.20 Å². The highest BCUT2D eigenvalue weighted by Gasteiger charge is 2.21. The van der Waals surface area contributed by atoms with E-state index in [9.17, 15) is 4.79 Å². The number of anilines is 1. The lowest BCUT2D eigenvalue weighted by Gasteiger charge is -2.35. The number of nitrogens with zero attached hydrogens (tertiary/aromatic N) is 4. The fourth-order valence-electron chi connectivity index (χ4n) is 2.68. The molecule has 1 aromatic carbocycles. The van der Waals surface area contributed by atoms with Gasteiger partial charge >= 0.3 is 6.03 Å². The van der Waals surface area contributed by atoms with Crippen molar-refractivity contribution in [2.45, 2.75) is 13.5 Å². The second-order valence-corrected chi connectivity index (χ2v) is 6.09. The standard InChI is InChI=1S/C17H20ClN5O/c1-13-19-7-6-16(21-13)22-8-10-23(11-9-22)17(24)20-12-14-4-2-3-5-15(14)18/h2-7H,8-12H2,1H3,(H,20,24). The molecule has 2 amide bonds. The third-order valence-electron chi connectivity index (χ3n) is 4.04. The normalized spacial score (nSPS) is 14.6. The number of carbonyl (C=O) groups excluding carboxylic acids is 1. The van der Waals surface area contributed by atoms with Crippen LogP contribution in [-0.2, 0) is 6.54 Å². The highest BCUT2D eigenvalue weighted by molar-refractivity contribution is 6.31. The van der Waals surface area contributed by atoms with Crippen LogP contribution in [-0.4, -0.2) is 47.1 Å². The van der Waals surface area contributed by atoms with E-state index < -0.39 is 0 Å². The van der Waals surface area contributed by atoms with Gasteiger partial charge in [-0.2, -0.15) is 0 Å². The first kappa shape index (κ1) is 16.5. The minimum absolute atomic E-state index is 0.0616. The van der Waals surface area contributed by atoms with E-state index in [2.05, 4.69) is 20.2 Å². The third kappa shape index (κ3) is 3.94. The Morgan fingerprint density at radius 1 is 1.21 bits per heavy atom. The minimum Gasteiger partial charge on any atom is -0.353 e. The molecule has 0 bridgehead atoms. The number of aromatic nitrogens is 2. The van der Waals surface area contributed by atoms with Gasteiger partial charge in [0.1, 0.15) is 11.6 Å². The van der Waals surface area contributed by atoms with Gasteiger partial charge in [0.15, 0.2) is 0 Å². The Balaban J connectivity index is 1.51. The Labute approximate surface area is 146 Å². The lowest BCUT2D eigenvalue weighted by atomic mass is 10.2. The summed E-state index contributed by atoms with van der Waals surface area (Å²) in [5, 5.41) is 3.60. The number of amides is 2. The number of aryl methyl sites for hydroxylation is 1. The molecule has 3 rings (SSSR count). The van der Waals surface area contributed by atoms with Crippen molar-refractivity contribution in [3.63, 3.8) is 0 Å². The molecule has 1 fully saturated rings. The molecule has 1 saturated heterocycles. The summed E-state index contributed by atoms with van der Waals surface area (Å²) in [4.78, 5) is 24.9. The summed E-state index contributed by atoms with van der Waals surface area (Å²) < 4.78 is 0. The third-order valence-corrected chi connectivity index (χ3v) is 4.41. The molecule has 0 unspecified atom stereocenters. The predicted molar refractivity (Wildman–Crippen MR) is 94.2 cm³/mol. The molecule has 7 heteroatoms. The van der Waals surface area contributed by atoms with Gasteiger partial charge in [0.05, 0.1) is 0 Å². The van der Waals surface area contributed by atoms with Gasteiger partial charge in [-0.05, 0) is 24.6 Å². The zero-order valence-corrected chi connectivity index (χ0v) is 14.3. The molecule has 1 aliphatic rings. The summed E-state index contributed by atoms with van der Waals surface area (Å²) in [6.45, 7) is 5.16. The molecule has 0 atom stereocenters. The van der Waals surface area contributed by atoms with Crippen LogP contribution in [0.25, 0.3) is 0 Å². The molecule has 0 radical (unpaired) electrons. The molecular weight excluding hydrogens is 326 g/mol. The van der Waals surface area contributed by atoms with Crippen LogP contribution in [0, 0.1) is 6.92 Å². The van der Waals surface area contributed by atoms with Crippen molar-refractivity contribution in [3.8, 4) is 0 Å². The van der Waals surface area contributed by atoms with E-state index in [0.717, 1.165) is 30.3 Å². The summed E-state index contributed by atoms with van der Waals surface area (Å²) in [6.07, 6.45) is 1.76. The number of carbonyl (C=O) groups is 1. The second-order valence-electron chi connectivity index (χ2n) is 5.69. The van der Waals surface area contributed by atoms with Gasteiger partial charge in [-0.1, -0.05) is 29.8 Å². The van der Waals surface area contributed by atoms with Crippen LogP contribution < -0.4 is 10.2 Å². The number of nitrogens with one attached hydrogen (secondary N) is 1. The van der Waals surface area contributed by atoms with Crippen molar-refractivity contribution < 1.29 is 4.79 Å². The largest absolute Gasteiger partial charge is 0.353 e. The first-order chi connectivity index (χ1) is 11.6. The first-order valence-electron chi connectivity index (χ1n) is 7.94. The Morgan fingerprint density at radius 2 is 1.96 bits per heavy atom. The lowest BCUT2D eigenvalue weighted by molar-refractivity contribution is 0.194. The zero-order valence-electron chi connectivity index (χ0n) is 13.6. The van der Waals surface area contributed by atoms with Crippen molar-refractivity contribution in [1.29, 1.82) is 0 Å². The monoisotopic (exact) mass is 345 g/mol. The van der Waals surface area contributed by atoms with E-state index >= 15 is 0 Å². The van der Waals surface area contributed by atoms with Gasteiger partial charge in [0, 0.05) is 43.9 Å². The first-order valence-corrected chi connectivity index (χ1v) is 8.32. The van der Waals surface area contributed by atoms with E-state index in [0.29, 0.717) is 24.7 Å². The van der Waals surface area contributed by atoms with Gasteiger partial charge in [-0.15, -0.1) is 0 Å². The molecular formula is C17H20ClN5O. The Kier molecular flexibility index (Phi) is 5.15. The van der Waals surface area contributed by atoms with Gasteiger partial charge in [-0.25, -0.2) is 14.8 Å². The quantitative estimate of drug-likeness (QED) is 0.928. The lowest BCUT2D eigenvalue weighted by Crippen LogP contribution is -2.52. The Morgan fingerprint density at radius 3 is 2.67 bits per heavy atom. The van der Waals surface area contributed by atoms with Crippen LogP contribution >= 0.6 is 11.6 Å². The number of rotatable bonds is 3. The number of urea groups is 1. The maximum Gasteiger partial charge on any atom is 0.317 e. The molecule has 1 aliphatic heterocycles. The van der Waals surface area contributed by atoms with Crippen molar-refractivity contribution in [2.75, 3.05) is 31.1 Å². The number of piperazine rings is 1. The van der Waals surface area contributed by atoms with Crippen LogP contribution in [0.5, 0.6) is 0 Å². The van der Waals surface area contributed by atoms with Crippen molar-refractivity contribution in [2.24, 2.45) is 0 Å². The van der Waals surface area contributed by atoms with Gasteiger partial charge in [-0.3, -0.25) is 0 Å². The number of hydrogen-bond donors (Lipinski definition) is 1. The molecule has 6 nitrogen and oxygen atoms in total. The van der Waals surface area contributed by atoms with E-state index in [4.69, 9.17) is 11.6 Å². The molecule has 24 heavy (non-hydrogen) atoms. The molecule has 126 valence electrons. The maximum atomic E-state index is 12.3. The molecule has 0 spiro atoms. The number of hydrogen-bond acceptors (Lipinski definition) is 4. The Hall–Kier alpha value is -2.34. The zero-order chi connectivity index (χ0) is 16.9. The average Bonchev–Trinajstić information content (AvgIpc) is 2.61. The second kappa shape index (κ2) is 7.49. The Bertz CT molecular complexity index is 716. The van der Waals surface area contributed by atoms with Crippen molar-refractivity contribution in [3.05, 3.63) is 52.9 Å². The molecule has 1 aromatic heterocycles. The predicted octanol–water partition coefficient (Wildman–Crippen LogP) is 2.47. The van der Waals surface area contributed by atoms with Gasteiger partial charge < -0.3 is 15.1 Å². The summed E-state index contributed by atoms with van der Waals surface area (Å²) in [5.41, 5.74) is 0.919. The fraction of sp³-hybridized carbons (Fsp3) is 0.353. The summed E-state index contributed by atoms with van der Waals surface area (Å²) in [7, 11) is 0. The van der Waals surface area contributed by atoms with Crippen LogP contribution in [0.2, 0.25) is 5.02 Å². The SMILES string of the molecule is Cc1nccc(N2CCN(C(=O)NCc3ccccc3Cl)CC2)n1. The van der Waals surface area contributed by atoms with Crippen LogP contribution in [0.4, 0.5) is 10.6 Å². The average molecular weight is 346 g/mol. The van der Waals surface area contributed by atoms with Crippen LogP contribution in [0.3, 0.4) is 0 Å².